The molecule has 0 spiro atoms. The van der Waals surface area contributed by atoms with E-state index in [4.69, 9.17) is 0 Å². The Morgan fingerprint density at radius 1 is 1.57 bits per heavy atom. The molecule has 0 fully saturated rings. The van der Waals surface area contributed by atoms with Gasteiger partial charge in [0.25, 0.3) is 0 Å². The van der Waals surface area contributed by atoms with Gasteiger partial charge in [0.05, 0.1) is 0 Å². The van der Waals surface area contributed by atoms with Gasteiger partial charge in [-0.05, 0) is 0 Å². The van der Waals surface area contributed by atoms with E-state index < -0.39 is 11.8 Å². The molecule has 0 aromatic carbocycles. The zero-order chi connectivity index (χ0) is 5.86. The Morgan fingerprint density at radius 2 is 2.00 bits per heavy atom. The van der Waals surface area contributed by atoms with Crippen LogP contribution >= 0.6 is 0 Å². The molecule has 0 amide bonds. The summed E-state index contributed by atoms with van der Waals surface area (Å²) in [6, 6.07) is 0. The quantitative estimate of drug-likeness (QED) is 0.240. The van der Waals surface area contributed by atoms with Crippen LogP contribution in [0.2, 0.25) is 0 Å². The van der Waals surface area contributed by atoms with Crippen LogP contribution in [0.5, 0.6) is 0 Å². The van der Waals surface area contributed by atoms with Gasteiger partial charge >= 0.3 is 5.97 Å². The SMILES string of the molecule is [B]C(=O)OC(C)=O. The van der Waals surface area contributed by atoms with Crippen molar-refractivity contribution < 1.29 is 14.3 Å². The van der Waals surface area contributed by atoms with Crippen molar-refractivity contribution >= 4 is 19.7 Å². The van der Waals surface area contributed by atoms with Gasteiger partial charge in [0.2, 0.25) is 13.7 Å². The number of hydrogen-bond donors (Lipinski definition) is 0. The summed E-state index contributed by atoms with van der Waals surface area (Å²) in [5.41, 5.74) is 0. The van der Waals surface area contributed by atoms with Gasteiger partial charge in [-0.3, -0.25) is 9.59 Å². The van der Waals surface area contributed by atoms with Crippen molar-refractivity contribution in [2.24, 2.45) is 0 Å². The second kappa shape index (κ2) is 2.39. The molecule has 0 rings (SSSR count). The van der Waals surface area contributed by atoms with E-state index in [0.29, 0.717) is 0 Å². The molecule has 0 unspecified atom stereocenters. The molecule has 4 heteroatoms. The third-order valence-corrected chi connectivity index (χ3v) is 0.244. The zero-order valence-electron chi connectivity index (χ0n) is 3.80. The van der Waals surface area contributed by atoms with Crippen LogP contribution < -0.4 is 0 Å². The molecule has 36 valence electrons. The second-order valence-corrected chi connectivity index (χ2v) is 0.913. The first-order valence-electron chi connectivity index (χ1n) is 1.61. The fourth-order valence-electron chi connectivity index (χ4n) is 0.142. The van der Waals surface area contributed by atoms with E-state index in [9.17, 15) is 9.59 Å². The van der Waals surface area contributed by atoms with Crippen molar-refractivity contribution in [1.82, 2.24) is 0 Å². The van der Waals surface area contributed by atoms with E-state index in [2.05, 4.69) is 12.6 Å². The normalized spacial score (nSPS) is 7.57. The largest absolute Gasteiger partial charge is 0.404 e. The molecule has 0 saturated carbocycles. The maximum absolute atomic E-state index is 9.73. The summed E-state index contributed by atoms with van der Waals surface area (Å²) in [5, 5.41) is 0. The molecular formula is C3H3BO3. The Labute approximate surface area is 42.1 Å². The van der Waals surface area contributed by atoms with Crippen LogP contribution in [0.25, 0.3) is 0 Å². The van der Waals surface area contributed by atoms with Crippen molar-refractivity contribution in [2.45, 2.75) is 6.92 Å². The molecule has 0 aromatic rings. The molecule has 3 nitrogen and oxygen atoms in total. The molecule has 0 N–H and O–H groups in total. The average Bonchev–Trinajstić information content (AvgIpc) is 1.27. The standard InChI is InChI=1S/C3H3BO3/c1-2(5)7-3(4)6/h1H3. The predicted octanol–water partition coefficient (Wildman–Crippen LogP) is -0.162. The topological polar surface area (TPSA) is 43.4 Å². The molecule has 0 saturated heterocycles. The minimum Gasteiger partial charge on any atom is -0.404 e. The highest BCUT2D eigenvalue weighted by Gasteiger charge is 1.93. The van der Waals surface area contributed by atoms with Crippen LogP contribution in [0.15, 0.2) is 0 Å². The van der Waals surface area contributed by atoms with Gasteiger partial charge in [-0.15, -0.1) is 0 Å². The number of rotatable bonds is 0. The zero-order valence-corrected chi connectivity index (χ0v) is 3.80. The van der Waals surface area contributed by atoms with Crippen LogP contribution in [0.1, 0.15) is 6.92 Å². The maximum atomic E-state index is 9.73. The summed E-state index contributed by atoms with van der Waals surface area (Å²) in [6.45, 7) is 1.10. The second-order valence-electron chi connectivity index (χ2n) is 0.913. The molecule has 2 radical (unpaired) electrons. The third-order valence-electron chi connectivity index (χ3n) is 0.244. The van der Waals surface area contributed by atoms with Crippen molar-refractivity contribution in [1.29, 1.82) is 0 Å². The van der Waals surface area contributed by atoms with Gasteiger partial charge in [-0.1, -0.05) is 0 Å². The lowest BCUT2D eigenvalue weighted by Gasteiger charge is -1.88. The van der Waals surface area contributed by atoms with Crippen molar-refractivity contribution in [2.75, 3.05) is 0 Å². The lowest BCUT2D eigenvalue weighted by molar-refractivity contribution is -0.133. The van der Waals surface area contributed by atoms with E-state index >= 15 is 0 Å². The summed E-state index contributed by atoms with van der Waals surface area (Å²) in [4.78, 5) is 19.3. The predicted molar refractivity (Wildman–Crippen MR) is 22.9 cm³/mol. The monoisotopic (exact) mass is 98.0 g/mol. The fraction of sp³-hybridized carbons (Fsp3) is 0.333. The molecule has 0 aliphatic rings. The van der Waals surface area contributed by atoms with Crippen LogP contribution in [0.3, 0.4) is 0 Å². The summed E-state index contributed by atoms with van der Waals surface area (Å²) < 4.78 is 3.75. The van der Waals surface area contributed by atoms with Crippen LogP contribution in [0.4, 0.5) is 4.79 Å². The minimum atomic E-state index is -1.06. The van der Waals surface area contributed by atoms with Crippen LogP contribution in [-0.2, 0) is 9.53 Å². The van der Waals surface area contributed by atoms with E-state index in [0.717, 1.165) is 6.92 Å². The Morgan fingerprint density at radius 3 is 2.00 bits per heavy atom. The fourth-order valence-corrected chi connectivity index (χ4v) is 0.142. The molecule has 7 heavy (non-hydrogen) atoms. The molecule has 0 heterocycles. The molecule has 0 aliphatic heterocycles. The van der Waals surface area contributed by atoms with Gasteiger partial charge in [-0.25, -0.2) is 0 Å². The number of hydrogen-bond acceptors (Lipinski definition) is 3. The molecule has 0 aliphatic carbocycles. The maximum Gasteiger partial charge on any atom is 0.309 e. The van der Waals surface area contributed by atoms with E-state index in [1.54, 1.807) is 0 Å². The first kappa shape index (κ1) is 6.20. The summed E-state index contributed by atoms with van der Waals surface area (Å²) in [6.07, 6.45) is 0. The van der Waals surface area contributed by atoms with Gasteiger partial charge in [0.1, 0.15) is 0 Å². The van der Waals surface area contributed by atoms with Crippen LogP contribution in [-0.4, -0.2) is 19.7 Å². The summed E-state index contributed by atoms with van der Waals surface area (Å²) >= 11 is 0. The van der Waals surface area contributed by atoms with E-state index in [-0.39, 0.29) is 0 Å². The van der Waals surface area contributed by atoms with Gasteiger partial charge < -0.3 is 4.74 Å². The Balaban J connectivity index is 3.32. The number of carbonyl (C=O) groups is 2. The summed E-state index contributed by atoms with van der Waals surface area (Å²) in [7, 11) is 4.41. The molecule has 0 aromatic heterocycles. The van der Waals surface area contributed by atoms with Crippen molar-refractivity contribution in [3.63, 3.8) is 0 Å². The first-order chi connectivity index (χ1) is 3.13. The Kier molecular flexibility index (Phi) is 2.12. The minimum absolute atomic E-state index is 0.687. The lowest BCUT2D eigenvalue weighted by atomic mass is 10.2. The number of ether oxygens (including phenoxy) is 1. The van der Waals surface area contributed by atoms with Crippen LogP contribution in [0, 0.1) is 0 Å². The molecular weight excluding hydrogens is 94.8 g/mol. The van der Waals surface area contributed by atoms with Gasteiger partial charge in [0, 0.05) is 6.92 Å². The van der Waals surface area contributed by atoms with E-state index in [1.165, 1.54) is 0 Å². The molecule has 0 atom stereocenters. The van der Waals surface area contributed by atoms with Crippen molar-refractivity contribution in [3.05, 3.63) is 0 Å². The lowest BCUT2D eigenvalue weighted by Crippen LogP contribution is -2.05. The first-order valence-corrected chi connectivity index (χ1v) is 1.61. The number of esters is 1. The number of carbonyl (C=O) groups excluding carboxylic acids is 2. The van der Waals surface area contributed by atoms with Gasteiger partial charge in [0.15, 0.2) is 0 Å². The van der Waals surface area contributed by atoms with Gasteiger partial charge in [-0.2, -0.15) is 0 Å². The third kappa shape index (κ3) is 5.20. The smallest absolute Gasteiger partial charge is 0.309 e. The highest BCUT2D eigenvalue weighted by atomic mass is 16.6. The Hall–Kier alpha value is -0.795. The molecule has 0 bridgehead atoms. The summed E-state index contributed by atoms with van der Waals surface area (Å²) in [5.74, 6) is -1.75. The average molecular weight is 97.9 g/mol. The van der Waals surface area contributed by atoms with Crippen molar-refractivity contribution in [3.8, 4) is 0 Å². The van der Waals surface area contributed by atoms with E-state index in [1.807, 2.05) is 0 Å². The highest BCUT2D eigenvalue weighted by Crippen LogP contribution is 1.73. The highest BCUT2D eigenvalue weighted by molar-refractivity contribution is 6.55. The Bertz CT molecular complexity index is 86.4.